The first-order chi connectivity index (χ1) is 4.27. The van der Waals surface area contributed by atoms with Gasteiger partial charge in [0, 0.05) is 11.6 Å². The fraction of sp³-hybridized carbons (Fsp3) is 0.333. The third-order valence-corrected chi connectivity index (χ3v) is 2.94. The monoisotopic (exact) mass is 144 g/mol. The fourth-order valence-corrected chi connectivity index (χ4v) is 2.08. The highest BCUT2D eigenvalue weighted by molar-refractivity contribution is 7.65. The van der Waals surface area contributed by atoms with Crippen molar-refractivity contribution in [3.63, 3.8) is 0 Å². The van der Waals surface area contributed by atoms with Crippen molar-refractivity contribution in [2.24, 2.45) is 0 Å². The normalized spacial score (nSPS) is 34.3. The molecule has 0 radical (unpaired) electrons. The Bertz CT molecular complexity index is 193. The second kappa shape index (κ2) is 2.51. The number of allylic oxidation sites excluding steroid dienone is 1. The molecule has 1 aliphatic rings. The maximum Gasteiger partial charge on any atom is 0.246 e. The lowest BCUT2D eigenvalue weighted by Gasteiger charge is -1.99. The Morgan fingerprint density at radius 2 is 2.56 bits per heavy atom. The minimum atomic E-state index is -2.43. The molecule has 0 fully saturated rings. The smallest absolute Gasteiger partial charge is 0.246 e. The van der Waals surface area contributed by atoms with Gasteiger partial charge in [-0.1, -0.05) is 12.2 Å². The molecule has 9 heavy (non-hydrogen) atoms. The van der Waals surface area contributed by atoms with Gasteiger partial charge in [-0.25, -0.2) is 0 Å². The van der Waals surface area contributed by atoms with E-state index < -0.39 is 7.37 Å². The summed E-state index contributed by atoms with van der Waals surface area (Å²) >= 11 is 0. The molecule has 2 nitrogen and oxygen atoms in total. The van der Waals surface area contributed by atoms with Crippen LogP contribution in [0.3, 0.4) is 0 Å². The van der Waals surface area contributed by atoms with Gasteiger partial charge in [0.25, 0.3) is 0 Å². The summed E-state index contributed by atoms with van der Waals surface area (Å²) in [7, 11) is -2.43. The topological polar surface area (TPSA) is 26.3 Å². The first-order valence-corrected chi connectivity index (χ1v) is 4.59. The summed E-state index contributed by atoms with van der Waals surface area (Å²) in [6, 6.07) is 0. The van der Waals surface area contributed by atoms with Crippen LogP contribution in [0, 0.1) is 0 Å². The molecule has 1 aliphatic heterocycles. The van der Waals surface area contributed by atoms with Gasteiger partial charge in [-0.2, -0.15) is 0 Å². The van der Waals surface area contributed by atoms with Crippen molar-refractivity contribution in [3.05, 3.63) is 23.8 Å². The molecule has 0 saturated carbocycles. The van der Waals surface area contributed by atoms with Crippen molar-refractivity contribution in [3.8, 4) is 0 Å². The first-order valence-electron chi connectivity index (χ1n) is 2.82. The third kappa shape index (κ3) is 1.54. The minimum Gasteiger partial charge on any atom is -0.319 e. The molecular weight excluding hydrogens is 135 g/mol. The molecule has 0 aliphatic carbocycles. The summed E-state index contributed by atoms with van der Waals surface area (Å²) in [6.07, 6.45) is 3.53. The Morgan fingerprint density at radius 3 is 3.00 bits per heavy atom. The Balaban J connectivity index is 2.75. The molecular formula is C6H9O2P. The lowest BCUT2D eigenvalue weighted by Crippen LogP contribution is -1.74. The Labute approximate surface area is 54.7 Å². The Morgan fingerprint density at radius 1 is 1.78 bits per heavy atom. The summed E-state index contributed by atoms with van der Waals surface area (Å²) in [5, 5.41) is 0. The van der Waals surface area contributed by atoms with Crippen LogP contribution < -0.4 is 0 Å². The second-order valence-corrected chi connectivity index (χ2v) is 3.95. The van der Waals surface area contributed by atoms with E-state index >= 15 is 0 Å². The van der Waals surface area contributed by atoms with Crippen molar-refractivity contribution in [2.45, 2.75) is 6.92 Å². The maximum atomic E-state index is 11.2. The van der Waals surface area contributed by atoms with Crippen molar-refractivity contribution in [1.82, 2.24) is 0 Å². The summed E-state index contributed by atoms with van der Waals surface area (Å²) in [5.41, 5.74) is 0. The van der Waals surface area contributed by atoms with Gasteiger partial charge in [-0.15, -0.1) is 0 Å². The van der Waals surface area contributed by atoms with E-state index in [0.717, 1.165) is 0 Å². The van der Waals surface area contributed by atoms with E-state index in [4.69, 9.17) is 4.52 Å². The van der Waals surface area contributed by atoms with Gasteiger partial charge in [0.05, 0.1) is 6.61 Å². The molecule has 0 N–H and O–H groups in total. The molecule has 0 saturated heterocycles. The van der Waals surface area contributed by atoms with E-state index in [0.29, 0.717) is 6.61 Å². The SMILES string of the molecule is C/C=C/P1(=O)C=CCO1. The number of hydrogen-bond donors (Lipinski definition) is 0. The number of rotatable bonds is 1. The zero-order chi connectivity index (χ0) is 6.74. The van der Waals surface area contributed by atoms with Crippen molar-refractivity contribution < 1.29 is 9.09 Å². The van der Waals surface area contributed by atoms with Gasteiger partial charge in [0.15, 0.2) is 0 Å². The van der Waals surface area contributed by atoms with Crippen molar-refractivity contribution in [2.75, 3.05) is 6.61 Å². The zero-order valence-corrected chi connectivity index (χ0v) is 6.17. The molecule has 0 spiro atoms. The molecule has 0 aromatic rings. The van der Waals surface area contributed by atoms with Crippen LogP contribution in [-0.2, 0) is 9.09 Å². The number of hydrogen-bond acceptors (Lipinski definition) is 2. The van der Waals surface area contributed by atoms with E-state index in [9.17, 15) is 4.57 Å². The van der Waals surface area contributed by atoms with E-state index in [2.05, 4.69) is 0 Å². The van der Waals surface area contributed by atoms with E-state index in [1.807, 2.05) is 6.92 Å². The van der Waals surface area contributed by atoms with Gasteiger partial charge in [0.1, 0.15) is 0 Å². The summed E-state index contributed by atoms with van der Waals surface area (Å²) in [4.78, 5) is 0. The Kier molecular flexibility index (Phi) is 1.89. The highest BCUT2D eigenvalue weighted by atomic mass is 31.2. The van der Waals surface area contributed by atoms with Crippen molar-refractivity contribution >= 4 is 7.37 Å². The van der Waals surface area contributed by atoms with Crippen LogP contribution in [0.25, 0.3) is 0 Å². The molecule has 0 amide bonds. The summed E-state index contributed by atoms with van der Waals surface area (Å²) in [6.45, 7) is 2.32. The highest BCUT2D eigenvalue weighted by Crippen LogP contribution is 2.52. The van der Waals surface area contributed by atoms with Gasteiger partial charge < -0.3 is 4.52 Å². The zero-order valence-electron chi connectivity index (χ0n) is 5.28. The fourth-order valence-electron chi connectivity index (χ4n) is 0.693. The van der Waals surface area contributed by atoms with E-state index in [-0.39, 0.29) is 0 Å². The van der Waals surface area contributed by atoms with Crippen LogP contribution in [-0.4, -0.2) is 6.61 Å². The quantitative estimate of drug-likeness (QED) is 0.528. The highest BCUT2D eigenvalue weighted by Gasteiger charge is 2.17. The molecule has 1 unspecified atom stereocenters. The molecule has 0 aromatic heterocycles. The second-order valence-electron chi connectivity index (χ2n) is 1.81. The molecule has 0 bridgehead atoms. The van der Waals surface area contributed by atoms with Crippen LogP contribution in [0.1, 0.15) is 6.92 Å². The van der Waals surface area contributed by atoms with Gasteiger partial charge >= 0.3 is 0 Å². The summed E-state index contributed by atoms with van der Waals surface area (Å²) in [5.74, 6) is 3.24. The summed E-state index contributed by atoms with van der Waals surface area (Å²) < 4.78 is 16.2. The van der Waals surface area contributed by atoms with Gasteiger partial charge in [-0.3, -0.25) is 4.57 Å². The largest absolute Gasteiger partial charge is 0.319 e. The van der Waals surface area contributed by atoms with Crippen LogP contribution in [0.4, 0.5) is 0 Å². The lowest BCUT2D eigenvalue weighted by molar-refractivity contribution is 0.378. The van der Waals surface area contributed by atoms with Crippen LogP contribution in [0.5, 0.6) is 0 Å². The van der Waals surface area contributed by atoms with E-state index in [1.165, 1.54) is 0 Å². The molecule has 1 atom stereocenters. The molecule has 50 valence electrons. The predicted molar refractivity (Wildman–Crippen MR) is 37.5 cm³/mol. The van der Waals surface area contributed by atoms with E-state index in [1.54, 1.807) is 23.8 Å². The standard InChI is InChI=1S/C6H9O2P/c1-2-5-9(7)6-3-4-8-9/h2-3,5-6H,4H2,1H3/b5-2+. The van der Waals surface area contributed by atoms with Crippen LogP contribution in [0.15, 0.2) is 23.8 Å². The minimum absolute atomic E-state index is 0.488. The van der Waals surface area contributed by atoms with Gasteiger partial charge in [-0.05, 0) is 6.92 Å². The molecule has 1 rings (SSSR count). The van der Waals surface area contributed by atoms with Crippen LogP contribution >= 0.6 is 7.37 Å². The van der Waals surface area contributed by atoms with Gasteiger partial charge in [0.2, 0.25) is 7.37 Å². The maximum absolute atomic E-state index is 11.2. The third-order valence-electron chi connectivity index (χ3n) is 1.04. The average Bonchev–Trinajstić information content (AvgIpc) is 2.16. The first kappa shape index (κ1) is 6.79. The van der Waals surface area contributed by atoms with Crippen molar-refractivity contribution in [1.29, 1.82) is 0 Å². The Hall–Kier alpha value is -0.330. The molecule has 1 heterocycles. The molecule has 3 heteroatoms. The lowest BCUT2D eigenvalue weighted by atomic mass is 10.7. The molecule has 0 aromatic carbocycles. The average molecular weight is 144 g/mol. The predicted octanol–water partition coefficient (Wildman–Crippen LogP) is 2.34. The van der Waals surface area contributed by atoms with Crippen LogP contribution in [0.2, 0.25) is 0 Å².